The van der Waals surface area contributed by atoms with Crippen molar-refractivity contribution in [3.05, 3.63) is 84.2 Å². The van der Waals surface area contributed by atoms with Crippen molar-refractivity contribution in [3.63, 3.8) is 0 Å². The quantitative estimate of drug-likeness (QED) is 0.321. The minimum Gasteiger partial charge on any atom is -0.251 e. The smallest absolute Gasteiger partial charge is 0.131 e. The number of benzene rings is 3. The lowest BCUT2D eigenvalue weighted by atomic mass is 9.66. The molecule has 1 aliphatic rings. The molecule has 0 N–H and O–H groups in total. The van der Waals surface area contributed by atoms with Gasteiger partial charge in [-0.25, -0.2) is 8.78 Å². The molecule has 0 bridgehead atoms. The van der Waals surface area contributed by atoms with Crippen molar-refractivity contribution in [2.75, 3.05) is 6.67 Å². The molecular weight excluding hydrogens is 417 g/mol. The predicted octanol–water partition coefficient (Wildman–Crippen LogP) is 9.30. The summed E-state index contributed by atoms with van der Waals surface area (Å²) in [7, 11) is 0. The van der Waals surface area contributed by atoms with Crippen molar-refractivity contribution in [2.24, 2.45) is 5.92 Å². The number of hydrogen-bond donors (Lipinski definition) is 0. The molecule has 0 spiro atoms. The maximum Gasteiger partial charge on any atom is 0.131 e. The van der Waals surface area contributed by atoms with E-state index in [2.05, 4.69) is 0 Å². The summed E-state index contributed by atoms with van der Waals surface area (Å²) in [4.78, 5) is 0. The predicted molar refractivity (Wildman–Crippen MR) is 131 cm³/mol. The van der Waals surface area contributed by atoms with Crippen molar-refractivity contribution in [3.8, 4) is 22.3 Å². The van der Waals surface area contributed by atoms with Crippen molar-refractivity contribution in [2.45, 2.75) is 63.5 Å². The summed E-state index contributed by atoms with van der Waals surface area (Å²) in [5.41, 5.74) is 2.94. The van der Waals surface area contributed by atoms with E-state index in [0.717, 1.165) is 47.9 Å². The SMILES string of the molecule is CCCC1(F)CCCCC1C(CCF)c1ccc(-c2ccc(-c3ccccc3)cc2)c(F)c1. The molecule has 4 rings (SSSR count). The molecule has 1 aliphatic carbocycles. The first kappa shape index (κ1) is 23.6. The second-order valence-corrected chi connectivity index (χ2v) is 9.40. The molecule has 0 nitrogen and oxygen atoms in total. The van der Waals surface area contributed by atoms with Gasteiger partial charge in [-0.15, -0.1) is 0 Å². The maximum atomic E-state index is 15.9. The molecule has 174 valence electrons. The molecule has 0 heterocycles. The van der Waals surface area contributed by atoms with Crippen LogP contribution in [0.5, 0.6) is 0 Å². The summed E-state index contributed by atoms with van der Waals surface area (Å²) in [6.45, 7) is 1.47. The van der Waals surface area contributed by atoms with Gasteiger partial charge in [0.05, 0.1) is 6.67 Å². The first-order valence-electron chi connectivity index (χ1n) is 12.3. The van der Waals surface area contributed by atoms with E-state index in [-0.39, 0.29) is 24.1 Å². The Balaban J connectivity index is 1.61. The third-order valence-electron chi connectivity index (χ3n) is 7.32. The van der Waals surface area contributed by atoms with E-state index in [0.29, 0.717) is 18.4 Å². The van der Waals surface area contributed by atoms with E-state index in [1.54, 1.807) is 6.07 Å². The molecule has 0 saturated heterocycles. The second-order valence-electron chi connectivity index (χ2n) is 9.40. The van der Waals surface area contributed by atoms with Gasteiger partial charge in [-0.3, -0.25) is 4.39 Å². The van der Waals surface area contributed by atoms with Gasteiger partial charge >= 0.3 is 0 Å². The van der Waals surface area contributed by atoms with Crippen LogP contribution in [0, 0.1) is 11.7 Å². The molecule has 0 aliphatic heterocycles. The normalized spacial score (nSPS) is 21.6. The summed E-state index contributed by atoms with van der Waals surface area (Å²) in [5.74, 6) is -0.882. The van der Waals surface area contributed by atoms with E-state index < -0.39 is 12.3 Å². The van der Waals surface area contributed by atoms with Crippen molar-refractivity contribution >= 4 is 0 Å². The van der Waals surface area contributed by atoms with Crippen LogP contribution in [0.3, 0.4) is 0 Å². The van der Waals surface area contributed by atoms with Gasteiger partial charge in [0.15, 0.2) is 0 Å². The highest BCUT2D eigenvalue weighted by Crippen LogP contribution is 2.49. The van der Waals surface area contributed by atoms with E-state index in [9.17, 15) is 4.39 Å². The summed E-state index contributed by atoms with van der Waals surface area (Å²) >= 11 is 0. The van der Waals surface area contributed by atoms with E-state index in [1.807, 2.05) is 67.6 Å². The third-order valence-corrected chi connectivity index (χ3v) is 7.32. The molecule has 0 aromatic heterocycles. The van der Waals surface area contributed by atoms with Gasteiger partial charge in [0, 0.05) is 5.56 Å². The van der Waals surface area contributed by atoms with Crippen molar-refractivity contribution in [1.29, 1.82) is 0 Å². The Morgan fingerprint density at radius 3 is 2.27 bits per heavy atom. The van der Waals surface area contributed by atoms with Gasteiger partial charge in [-0.2, -0.15) is 0 Å². The van der Waals surface area contributed by atoms with Crippen LogP contribution in [-0.2, 0) is 0 Å². The van der Waals surface area contributed by atoms with Crippen LogP contribution < -0.4 is 0 Å². The highest BCUT2D eigenvalue weighted by atomic mass is 19.1. The second kappa shape index (κ2) is 10.6. The Hall–Kier alpha value is -2.55. The lowest BCUT2D eigenvalue weighted by Crippen LogP contribution is -2.40. The van der Waals surface area contributed by atoms with Crippen LogP contribution in [0.2, 0.25) is 0 Å². The molecule has 0 amide bonds. The Morgan fingerprint density at radius 2 is 1.61 bits per heavy atom. The highest BCUT2D eigenvalue weighted by Gasteiger charge is 2.44. The van der Waals surface area contributed by atoms with Gasteiger partial charge < -0.3 is 0 Å². The fourth-order valence-electron chi connectivity index (χ4n) is 5.70. The summed E-state index contributed by atoms with van der Waals surface area (Å²) in [5, 5.41) is 0. The topological polar surface area (TPSA) is 0 Å². The Kier molecular flexibility index (Phi) is 7.57. The molecule has 3 atom stereocenters. The average Bonchev–Trinajstić information content (AvgIpc) is 2.84. The molecule has 0 radical (unpaired) electrons. The molecule has 3 aromatic rings. The third kappa shape index (κ3) is 5.18. The van der Waals surface area contributed by atoms with Gasteiger partial charge in [-0.05, 0) is 65.8 Å². The maximum absolute atomic E-state index is 15.9. The number of rotatable bonds is 8. The minimum absolute atomic E-state index is 0.241. The fraction of sp³-hybridized carbons (Fsp3) is 0.400. The minimum atomic E-state index is -1.28. The molecular formula is C30H33F3. The summed E-state index contributed by atoms with van der Waals surface area (Å²) in [6, 6.07) is 23.1. The van der Waals surface area contributed by atoms with Crippen LogP contribution in [0.1, 0.15) is 63.4 Å². The van der Waals surface area contributed by atoms with Gasteiger partial charge in [0.25, 0.3) is 0 Å². The zero-order valence-electron chi connectivity index (χ0n) is 19.4. The lowest BCUT2D eigenvalue weighted by molar-refractivity contribution is 0.0107. The van der Waals surface area contributed by atoms with Crippen molar-refractivity contribution in [1.82, 2.24) is 0 Å². The number of hydrogen-bond acceptors (Lipinski definition) is 0. The Bertz CT molecular complexity index is 1020. The molecule has 3 heteroatoms. The van der Waals surface area contributed by atoms with E-state index in [1.165, 1.54) is 6.07 Å². The molecule has 3 unspecified atom stereocenters. The average molecular weight is 451 g/mol. The van der Waals surface area contributed by atoms with E-state index in [4.69, 9.17) is 0 Å². The van der Waals surface area contributed by atoms with Gasteiger partial charge in [0.1, 0.15) is 11.5 Å². The first-order valence-corrected chi connectivity index (χ1v) is 12.3. The van der Waals surface area contributed by atoms with Crippen LogP contribution in [0.25, 0.3) is 22.3 Å². The molecule has 33 heavy (non-hydrogen) atoms. The number of halogens is 3. The standard InChI is InChI=1S/C30H33F3/c1-2-18-30(33)19-7-6-10-28(30)26(17-20-31)25-15-16-27(29(32)21-25)24-13-11-23(12-14-24)22-8-4-3-5-9-22/h3-5,8-9,11-16,21,26,28H,2,6-7,10,17-20H2,1H3. The monoisotopic (exact) mass is 450 g/mol. The number of alkyl halides is 2. The summed E-state index contributed by atoms with van der Waals surface area (Å²) < 4.78 is 44.7. The van der Waals surface area contributed by atoms with E-state index >= 15 is 8.78 Å². The lowest BCUT2D eigenvalue weighted by Gasteiger charge is -2.42. The Labute approximate surface area is 195 Å². The van der Waals surface area contributed by atoms with Gasteiger partial charge in [-0.1, -0.05) is 92.9 Å². The Morgan fingerprint density at radius 1 is 0.909 bits per heavy atom. The van der Waals surface area contributed by atoms with Crippen molar-refractivity contribution < 1.29 is 13.2 Å². The summed E-state index contributed by atoms with van der Waals surface area (Å²) in [6.07, 6.45) is 4.61. The van der Waals surface area contributed by atoms with Crippen LogP contribution in [0.4, 0.5) is 13.2 Å². The molecule has 1 saturated carbocycles. The first-order chi connectivity index (χ1) is 16.1. The van der Waals surface area contributed by atoms with Gasteiger partial charge in [0.2, 0.25) is 0 Å². The van der Waals surface area contributed by atoms with Crippen LogP contribution in [0.15, 0.2) is 72.8 Å². The van der Waals surface area contributed by atoms with Crippen LogP contribution >= 0.6 is 0 Å². The fourth-order valence-corrected chi connectivity index (χ4v) is 5.70. The highest BCUT2D eigenvalue weighted by molar-refractivity contribution is 5.70. The zero-order chi connectivity index (χ0) is 23.3. The van der Waals surface area contributed by atoms with Crippen LogP contribution in [-0.4, -0.2) is 12.3 Å². The molecule has 3 aromatic carbocycles. The molecule has 1 fully saturated rings. The zero-order valence-corrected chi connectivity index (χ0v) is 19.4. The largest absolute Gasteiger partial charge is 0.251 e.